The van der Waals surface area contributed by atoms with Gasteiger partial charge in [-0.25, -0.2) is 8.42 Å². The first-order valence-electron chi connectivity index (χ1n) is 9.09. The van der Waals surface area contributed by atoms with Crippen LogP contribution in [-0.2, 0) is 10.0 Å². The average molecular weight is 388 g/mol. The van der Waals surface area contributed by atoms with Crippen LogP contribution in [0.25, 0.3) is 0 Å². The predicted molar refractivity (Wildman–Crippen MR) is 106 cm³/mol. The highest BCUT2D eigenvalue weighted by Crippen LogP contribution is 2.22. The number of piperidine rings is 1. The zero-order chi connectivity index (χ0) is 19.4. The highest BCUT2D eigenvalue weighted by Gasteiger charge is 2.26. The summed E-state index contributed by atoms with van der Waals surface area (Å²) in [5.41, 5.74) is 6.83. The Bertz CT molecular complexity index is 898. The molecule has 0 aliphatic carbocycles. The Morgan fingerprint density at radius 2 is 1.93 bits per heavy atom. The van der Waals surface area contributed by atoms with E-state index < -0.39 is 10.0 Å². The van der Waals surface area contributed by atoms with Crippen molar-refractivity contribution >= 4 is 21.6 Å². The molecule has 3 rings (SSSR count). The summed E-state index contributed by atoms with van der Waals surface area (Å²) >= 11 is 0. The zero-order valence-electron chi connectivity index (χ0n) is 15.3. The van der Waals surface area contributed by atoms with Crippen molar-refractivity contribution in [3.8, 4) is 0 Å². The number of likely N-dealkylation sites (tertiary alicyclic amines) is 1. The second-order valence-corrected chi connectivity index (χ2v) is 8.69. The van der Waals surface area contributed by atoms with Gasteiger partial charge in [-0.3, -0.25) is 9.52 Å². The molecule has 27 heavy (non-hydrogen) atoms. The Morgan fingerprint density at radius 1 is 1.19 bits per heavy atom. The van der Waals surface area contributed by atoms with Gasteiger partial charge in [0.1, 0.15) is 0 Å². The highest BCUT2D eigenvalue weighted by molar-refractivity contribution is 7.92. The number of anilines is 1. The Balaban J connectivity index is 1.76. The van der Waals surface area contributed by atoms with Crippen molar-refractivity contribution in [1.29, 1.82) is 0 Å². The first-order valence-corrected chi connectivity index (χ1v) is 10.6. The van der Waals surface area contributed by atoms with Gasteiger partial charge in [-0.2, -0.15) is 0 Å². The minimum atomic E-state index is -3.69. The third-order valence-corrected chi connectivity index (χ3v) is 6.30. The Morgan fingerprint density at radius 3 is 2.63 bits per heavy atom. The Kier molecular flexibility index (Phi) is 5.82. The maximum Gasteiger partial charge on any atom is 0.261 e. The number of rotatable bonds is 5. The SMILES string of the molecule is CC(N)C1CCCN(C(=O)c2cccc(NS(=O)(=O)c3ccccc3)c2)C1. The molecule has 1 aliphatic rings. The molecule has 0 aromatic heterocycles. The van der Waals surface area contributed by atoms with E-state index in [4.69, 9.17) is 5.73 Å². The quantitative estimate of drug-likeness (QED) is 0.825. The van der Waals surface area contributed by atoms with Gasteiger partial charge in [0.05, 0.1) is 4.90 Å². The van der Waals surface area contributed by atoms with E-state index in [0.29, 0.717) is 30.3 Å². The van der Waals surface area contributed by atoms with E-state index in [2.05, 4.69) is 4.72 Å². The summed E-state index contributed by atoms with van der Waals surface area (Å²) in [5.74, 6) is 0.198. The van der Waals surface area contributed by atoms with Crippen molar-refractivity contribution in [3.05, 3.63) is 60.2 Å². The number of nitrogens with two attached hydrogens (primary N) is 1. The van der Waals surface area contributed by atoms with E-state index in [1.807, 2.05) is 11.8 Å². The summed E-state index contributed by atoms with van der Waals surface area (Å²) < 4.78 is 27.5. The number of carbonyl (C=O) groups is 1. The lowest BCUT2D eigenvalue weighted by Crippen LogP contribution is -2.45. The average Bonchev–Trinajstić information content (AvgIpc) is 2.68. The van der Waals surface area contributed by atoms with Crippen molar-refractivity contribution in [1.82, 2.24) is 4.90 Å². The molecule has 0 bridgehead atoms. The standard InChI is InChI=1S/C20H25N3O3S/c1-15(21)17-8-6-12-23(14-17)20(24)16-7-5-9-18(13-16)22-27(25,26)19-10-3-2-4-11-19/h2-5,7,9-11,13,15,17,22H,6,8,12,14,21H2,1H3. The summed E-state index contributed by atoms with van der Waals surface area (Å²) in [5, 5.41) is 0. The zero-order valence-corrected chi connectivity index (χ0v) is 16.2. The Hall–Kier alpha value is -2.38. The lowest BCUT2D eigenvalue weighted by Gasteiger charge is -2.34. The number of amides is 1. The molecule has 0 spiro atoms. The lowest BCUT2D eigenvalue weighted by molar-refractivity contribution is 0.0661. The van der Waals surface area contributed by atoms with Crippen molar-refractivity contribution in [3.63, 3.8) is 0 Å². The van der Waals surface area contributed by atoms with Crippen LogP contribution in [0.3, 0.4) is 0 Å². The molecule has 1 heterocycles. The van der Waals surface area contributed by atoms with Crippen molar-refractivity contribution in [2.75, 3.05) is 17.8 Å². The van der Waals surface area contributed by atoms with Crippen LogP contribution in [-0.4, -0.2) is 38.4 Å². The van der Waals surface area contributed by atoms with Crippen LogP contribution in [0.1, 0.15) is 30.1 Å². The van der Waals surface area contributed by atoms with Crippen molar-refractivity contribution < 1.29 is 13.2 Å². The van der Waals surface area contributed by atoms with Gasteiger partial charge in [-0.1, -0.05) is 24.3 Å². The largest absolute Gasteiger partial charge is 0.338 e. The van der Waals surface area contributed by atoms with E-state index in [0.717, 1.165) is 12.8 Å². The minimum Gasteiger partial charge on any atom is -0.338 e. The fourth-order valence-corrected chi connectivity index (χ4v) is 4.41. The Labute approximate surface area is 160 Å². The van der Waals surface area contributed by atoms with E-state index in [-0.39, 0.29) is 16.8 Å². The van der Waals surface area contributed by atoms with Gasteiger partial charge in [0.2, 0.25) is 0 Å². The number of sulfonamides is 1. The molecule has 7 heteroatoms. The summed E-state index contributed by atoms with van der Waals surface area (Å²) in [7, 11) is -3.69. The number of nitrogens with one attached hydrogen (secondary N) is 1. The highest BCUT2D eigenvalue weighted by atomic mass is 32.2. The molecule has 0 saturated carbocycles. The van der Waals surface area contributed by atoms with Gasteiger partial charge in [0.25, 0.3) is 15.9 Å². The minimum absolute atomic E-state index is 0.0459. The normalized spacial score (nSPS) is 18.7. The molecular formula is C20H25N3O3S. The van der Waals surface area contributed by atoms with E-state index in [1.165, 1.54) is 12.1 Å². The van der Waals surface area contributed by atoms with Crippen LogP contribution in [0.15, 0.2) is 59.5 Å². The number of hydrogen-bond acceptors (Lipinski definition) is 4. The number of benzene rings is 2. The van der Waals surface area contributed by atoms with Crippen molar-refractivity contribution in [2.45, 2.75) is 30.7 Å². The predicted octanol–water partition coefficient (Wildman–Crippen LogP) is 2.69. The smallest absolute Gasteiger partial charge is 0.261 e. The number of nitrogens with zero attached hydrogens (tertiary/aromatic N) is 1. The maximum atomic E-state index is 12.9. The summed E-state index contributed by atoms with van der Waals surface area (Å²) in [6.45, 7) is 3.30. The van der Waals surface area contributed by atoms with Gasteiger partial charge < -0.3 is 10.6 Å². The molecule has 1 saturated heterocycles. The van der Waals surface area contributed by atoms with Gasteiger partial charge in [0.15, 0.2) is 0 Å². The molecule has 2 atom stereocenters. The lowest BCUT2D eigenvalue weighted by atomic mass is 9.92. The van der Waals surface area contributed by atoms with Crippen LogP contribution in [0.5, 0.6) is 0 Å². The second kappa shape index (κ2) is 8.10. The van der Waals surface area contributed by atoms with E-state index in [1.54, 1.807) is 42.5 Å². The van der Waals surface area contributed by atoms with Gasteiger partial charge in [-0.05, 0) is 56.0 Å². The van der Waals surface area contributed by atoms with Gasteiger partial charge in [0, 0.05) is 30.4 Å². The molecule has 0 radical (unpaired) electrons. The van der Waals surface area contributed by atoms with Crippen LogP contribution >= 0.6 is 0 Å². The molecule has 144 valence electrons. The molecule has 1 fully saturated rings. The van der Waals surface area contributed by atoms with Crippen molar-refractivity contribution in [2.24, 2.45) is 11.7 Å². The molecule has 2 aromatic rings. The van der Waals surface area contributed by atoms with E-state index in [9.17, 15) is 13.2 Å². The number of carbonyl (C=O) groups excluding carboxylic acids is 1. The molecule has 6 nitrogen and oxygen atoms in total. The fourth-order valence-electron chi connectivity index (χ4n) is 3.34. The topological polar surface area (TPSA) is 92.5 Å². The number of hydrogen-bond donors (Lipinski definition) is 2. The molecule has 2 unspecified atom stereocenters. The summed E-state index contributed by atoms with van der Waals surface area (Å²) in [4.78, 5) is 14.8. The summed E-state index contributed by atoms with van der Waals surface area (Å²) in [6.07, 6.45) is 1.95. The van der Waals surface area contributed by atoms with Crippen LogP contribution in [0.2, 0.25) is 0 Å². The first-order chi connectivity index (χ1) is 12.9. The molecular weight excluding hydrogens is 362 g/mol. The second-order valence-electron chi connectivity index (χ2n) is 7.01. The van der Waals surface area contributed by atoms with E-state index >= 15 is 0 Å². The van der Waals surface area contributed by atoms with Gasteiger partial charge >= 0.3 is 0 Å². The first kappa shape index (κ1) is 19.4. The van der Waals surface area contributed by atoms with Gasteiger partial charge in [-0.15, -0.1) is 0 Å². The third kappa shape index (κ3) is 4.67. The monoisotopic (exact) mass is 387 g/mol. The summed E-state index contributed by atoms with van der Waals surface area (Å²) in [6, 6.07) is 14.8. The third-order valence-electron chi connectivity index (χ3n) is 4.90. The molecule has 1 aliphatic heterocycles. The maximum absolute atomic E-state index is 12.9. The van der Waals surface area contributed by atoms with Crippen LogP contribution < -0.4 is 10.5 Å². The fraction of sp³-hybridized carbons (Fsp3) is 0.350. The molecule has 1 amide bonds. The van der Waals surface area contributed by atoms with Crippen LogP contribution in [0, 0.1) is 5.92 Å². The van der Waals surface area contributed by atoms with Crippen LogP contribution in [0.4, 0.5) is 5.69 Å². The molecule has 2 aromatic carbocycles. The molecule has 3 N–H and O–H groups in total.